The average Bonchev–Trinajstić information content (AvgIpc) is 3.70. The van der Waals surface area contributed by atoms with Crippen LogP contribution in [0.25, 0.3) is 21.3 Å². The lowest BCUT2D eigenvalue weighted by Gasteiger charge is -2.31. The first-order chi connectivity index (χ1) is 22.3. The lowest BCUT2D eigenvalue weighted by Crippen LogP contribution is -2.33. The smallest absolute Gasteiger partial charge is 0.355 e. The number of benzene rings is 3. The van der Waals surface area contributed by atoms with Crippen LogP contribution in [-0.4, -0.2) is 57.4 Å². The minimum atomic E-state index is -1.11. The molecule has 0 aliphatic carbocycles. The first kappa shape index (κ1) is 29.2. The summed E-state index contributed by atoms with van der Waals surface area (Å²) in [6.45, 7) is 1.62. The van der Waals surface area contributed by atoms with E-state index in [0.29, 0.717) is 53.7 Å². The van der Waals surface area contributed by atoms with Gasteiger partial charge < -0.3 is 14.9 Å². The van der Waals surface area contributed by atoms with Gasteiger partial charge in [-0.25, -0.2) is 14.8 Å². The number of anilines is 3. The minimum absolute atomic E-state index is 0.0423. The van der Waals surface area contributed by atoms with Gasteiger partial charge in [-0.1, -0.05) is 47.7 Å². The second-order valence-corrected chi connectivity index (χ2v) is 12.4. The predicted octanol–water partition coefficient (Wildman–Crippen LogP) is 6.18. The zero-order valence-electron chi connectivity index (χ0n) is 25.3. The molecule has 3 aromatic heterocycles. The van der Waals surface area contributed by atoms with Crippen molar-refractivity contribution in [1.82, 2.24) is 19.7 Å². The number of aromatic carboxylic acids is 1. The molecule has 11 heteroatoms. The van der Waals surface area contributed by atoms with Crippen LogP contribution in [0, 0.1) is 0 Å². The van der Waals surface area contributed by atoms with E-state index in [4.69, 9.17) is 0 Å². The fourth-order valence-electron chi connectivity index (χ4n) is 5.81. The van der Waals surface area contributed by atoms with Crippen LogP contribution in [0.2, 0.25) is 0 Å². The Morgan fingerprint density at radius 3 is 2.67 bits per heavy atom. The standard InChI is InChI=1S/C35H31N7O3S/c1-40(2)25-9-5-7-22(17-25)19-42-20-24(18-36-42)26-13-14-31(38-32(26)34(44)45)41-16-15-23-8-6-10-27(28(23)21-41)33(43)39-35-37-29-11-3-4-12-30(29)46-35/h3-14,17-18,20H,15-16,19,21H2,1-2H3,(H,44,45)(H,37,39,43). The molecule has 2 N–H and O–H groups in total. The van der Waals surface area contributed by atoms with E-state index in [1.54, 1.807) is 16.9 Å². The number of carbonyl (C=O) groups excluding carboxylic acids is 1. The van der Waals surface area contributed by atoms with E-state index >= 15 is 0 Å². The Hall–Kier alpha value is -5.55. The predicted molar refractivity (Wildman–Crippen MR) is 181 cm³/mol. The minimum Gasteiger partial charge on any atom is -0.476 e. The highest BCUT2D eigenvalue weighted by Gasteiger charge is 2.25. The largest absolute Gasteiger partial charge is 0.476 e. The van der Waals surface area contributed by atoms with E-state index in [-0.39, 0.29) is 11.6 Å². The topological polar surface area (TPSA) is 116 Å². The highest BCUT2D eigenvalue weighted by atomic mass is 32.1. The number of nitrogens with one attached hydrogen (secondary N) is 1. The molecule has 3 aromatic carbocycles. The van der Waals surface area contributed by atoms with Gasteiger partial charge in [-0.2, -0.15) is 5.10 Å². The number of amides is 1. The molecule has 46 heavy (non-hydrogen) atoms. The molecule has 1 aliphatic heterocycles. The van der Waals surface area contributed by atoms with Crippen LogP contribution in [0.15, 0.2) is 91.3 Å². The Morgan fingerprint density at radius 1 is 1.00 bits per heavy atom. The van der Waals surface area contributed by atoms with Gasteiger partial charge in [0, 0.05) is 55.8 Å². The maximum absolute atomic E-state index is 13.4. The summed E-state index contributed by atoms with van der Waals surface area (Å²) in [6, 6.07) is 25.4. The molecular formula is C35H31N7O3S. The number of carboxylic acid groups (broad SMARTS) is 1. The van der Waals surface area contributed by atoms with Gasteiger partial charge in [0.1, 0.15) is 5.82 Å². The maximum atomic E-state index is 13.4. The molecule has 6 aromatic rings. The zero-order valence-corrected chi connectivity index (χ0v) is 26.2. The fraction of sp³-hybridized carbons (Fsp3) is 0.171. The number of rotatable bonds is 8. The van der Waals surface area contributed by atoms with Crippen LogP contribution >= 0.6 is 11.3 Å². The summed E-state index contributed by atoms with van der Waals surface area (Å²) in [5, 5.41) is 18.2. The first-order valence-corrected chi connectivity index (χ1v) is 15.7. The van der Waals surface area contributed by atoms with Crippen LogP contribution in [0.3, 0.4) is 0 Å². The Bertz CT molecular complexity index is 2070. The molecule has 7 rings (SSSR count). The second-order valence-electron chi connectivity index (χ2n) is 11.4. The molecule has 0 fully saturated rings. The number of aromatic nitrogens is 4. The molecule has 4 heterocycles. The van der Waals surface area contributed by atoms with E-state index in [1.807, 2.05) is 96.8 Å². The van der Waals surface area contributed by atoms with Crippen LogP contribution in [0.4, 0.5) is 16.6 Å². The molecule has 0 spiro atoms. The Kier molecular flexibility index (Phi) is 7.67. The normalized spacial score (nSPS) is 12.6. The first-order valence-electron chi connectivity index (χ1n) is 14.9. The van der Waals surface area contributed by atoms with Crippen LogP contribution in [0.5, 0.6) is 0 Å². The molecule has 0 unspecified atom stereocenters. The number of carbonyl (C=O) groups is 2. The number of carboxylic acids is 1. The van der Waals surface area contributed by atoms with Gasteiger partial charge in [-0.3, -0.25) is 14.8 Å². The lowest BCUT2D eigenvalue weighted by molar-refractivity contribution is 0.0691. The van der Waals surface area contributed by atoms with E-state index < -0.39 is 5.97 Å². The average molecular weight is 630 g/mol. The third kappa shape index (κ3) is 5.80. The molecule has 0 radical (unpaired) electrons. The van der Waals surface area contributed by atoms with Crippen LogP contribution in [-0.2, 0) is 19.5 Å². The number of pyridine rings is 1. The quantitative estimate of drug-likeness (QED) is 0.205. The summed E-state index contributed by atoms with van der Waals surface area (Å²) in [4.78, 5) is 39.1. The van der Waals surface area contributed by atoms with Crippen molar-refractivity contribution in [1.29, 1.82) is 0 Å². The molecule has 0 saturated carbocycles. The van der Waals surface area contributed by atoms with Crippen molar-refractivity contribution >= 4 is 50.1 Å². The third-order valence-electron chi connectivity index (χ3n) is 8.15. The van der Waals surface area contributed by atoms with Gasteiger partial charge >= 0.3 is 5.97 Å². The Balaban J connectivity index is 1.12. The van der Waals surface area contributed by atoms with Gasteiger partial charge in [0.15, 0.2) is 10.8 Å². The molecule has 0 bridgehead atoms. The van der Waals surface area contributed by atoms with Crippen molar-refractivity contribution < 1.29 is 14.7 Å². The summed E-state index contributed by atoms with van der Waals surface area (Å²) < 4.78 is 2.80. The zero-order chi connectivity index (χ0) is 31.8. The van der Waals surface area contributed by atoms with Gasteiger partial charge in [0.25, 0.3) is 5.91 Å². The fourth-order valence-corrected chi connectivity index (χ4v) is 6.67. The van der Waals surface area contributed by atoms with E-state index in [1.165, 1.54) is 11.3 Å². The third-order valence-corrected chi connectivity index (χ3v) is 9.11. The van der Waals surface area contributed by atoms with E-state index in [0.717, 1.165) is 32.6 Å². The molecule has 1 amide bonds. The highest BCUT2D eigenvalue weighted by molar-refractivity contribution is 7.22. The molecule has 0 atom stereocenters. The molecule has 1 aliphatic rings. The SMILES string of the molecule is CN(C)c1cccc(Cn2cc(-c3ccc(N4CCc5cccc(C(=O)Nc6nc7ccccc7s6)c5C4)nc3C(=O)O)cn2)c1. The number of nitrogens with zero attached hydrogens (tertiary/aromatic N) is 6. The summed E-state index contributed by atoms with van der Waals surface area (Å²) in [7, 11) is 4.00. The van der Waals surface area contributed by atoms with E-state index in [2.05, 4.69) is 26.4 Å². The molecule has 0 saturated heterocycles. The summed E-state index contributed by atoms with van der Waals surface area (Å²) >= 11 is 1.44. The van der Waals surface area contributed by atoms with Crippen molar-refractivity contribution in [2.24, 2.45) is 0 Å². The molecule has 10 nitrogen and oxygen atoms in total. The van der Waals surface area contributed by atoms with Crippen molar-refractivity contribution in [2.45, 2.75) is 19.5 Å². The second kappa shape index (κ2) is 12.1. The summed E-state index contributed by atoms with van der Waals surface area (Å²) in [6.07, 6.45) is 4.22. The lowest BCUT2D eigenvalue weighted by atomic mass is 9.94. The van der Waals surface area contributed by atoms with Crippen molar-refractivity contribution in [3.8, 4) is 11.1 Å². The maximum Gasteiger partial charge on any atom is 0.355 e. The van der Waals surface area contributed by atoms with Crippen LogP contribution < -0.4 is 15.1 Å². The van der Waals surface area contributed by atoms with Gasteiger partial charge in [-0.15, -0.1) is 0 Å². The number of thiazole rings is 1. The van der Waals surface area contributed by atoms with Gasteiger partial charge in [0.05, 0.1) is 23.0 Å². The number of hydrogen-bond donors (Lipinski definition) is 2. The monoisotopic (exact) mass is 629 g/mol. The van der Waals surface area contributed by atoms with Gasteiger partial charge in [-0.05, 0) is 65.6 Å². The number of hydrogen-bond acceptors (Lipinski definition) is 8. The summed E-state index contributed by atoms with van der Waals surface area (Å²) in [5.74, 6) is -0.796. The summed E-state index contributed by atoms with van der Waals surface area (Å²) in [5.41, 5.74) is 6.72. The number of fused-ring (bicyclic) bond motifs is 2. The van der Waals surface area contributed by atoms with Gasteiger partial charge in [0.2, 0.25) is 0 Å². The van der Waals surface area contributed by atoms with Crippen molar-refractivity contribution in [3.05, 3.63) is 119 Å². The number of para-hydroxylation sites is 1. The molecule has 230 valence electrons. The van der Waals surface area contributed by atoms with Crippen molar-refractivity contribution in [3.63, 3.8) is 0 Å². The Morgan fingerprint density at radius 2 is 1.85 bits per heavy atom. The van der Waals surface area contributed by atoms with E-state index in [9.17, 15) is 14.7 Å². The van der Waals surface area contributed by atoms with Crippen molar-refractivity contribution in [2.75, 3.05) is 35.8 Å². The Labute approximate surface area is 269 Å². The highest BCUT2D eigenvalue weighted by Crippen LogP contribution is 2.31. The molecular weight excluding hydrogens is 598 g/mol. The van der Waals surface area contributed by atoms with Crippen LogP contribution in [0.1, 0.15) is 37.5 Å².